The van der Waals surface area contributed by atoms with Crippen molar-refractivity contribution in [2.24, 2.45) is 5.41 Å². The monoisotopic (exact) mass is 499 g/mol. The molecule has 1 aliphatic rings. The lowest BCUT2D eigenvalue weighted by atomic mass is 9.95. The van der Waals surface area contributed by atoms with Crippen molar-refractivity contribution in [3.63, 3.8) is 0 Å². The van der Waals surface area contributed by atoms with E-state index in [0.29, 0.717) is 12.1 Å². The molecule has 1 fully saturated rings. The van der Waals surface area contributed by atoms with E-state index in [1.54, 1.807) is 19.1 Å². The quantitative estimate of drug-likeness (QED) is 0.293. The molecule has 0 bridgehead atoms. The van der Waals surface area contributed by atoms with Crippen molar-refractivity contribution in [3.05, 3.63) is 102 Å². The number of carboxylic acid groups (broad SMARTS) is 1. The predicted octanol–water partition coefficient (Wildman–Crippen LogP) is 6.40. The van der Waals surface area contributed by atoms with Crippen molar-refractivity contribution >= 4 is 17.9 Å². The van der Waals surface area contributed by atoms with Gasteiger partial charge in [-0.2, -0.15) is 5.10 Å². The maximum absolute atomic E-state index is 14.5. The second kappa shape index (κ2) is 9.89. The number of ether oxygens (including phenoxy) is 1. The van der Waals surface area contributed by atoms with Gasteiger partial charge in [0.2, 0.25) is 0 Å². The van der Waals surface area contributed by atoms with Crippen molar-refractivity contribution in [1.82, 2.24) is 9.78 Å². The van der Waals surface area contributed by atoms with Crippen molar-refractivity contribution in [1.29, 1.82) is 0 Å². The van der Waals surface area contributed by atoms with Crippen LogP contribution >= 0.6 is 0 Å². The van der Waals surface area contributed by atoms with E-state index in [9.17, 15) is 19.1 Å². The van der Waals surface area contributed by atoms with E-state index in [-0.39, 0.29) is 5.82 Å². The van der Waals surface area contributed by atoms with Gasteiger partial charge in [-0.05, 0) is 60.6 Å². The smallest absolute Gasteiger partial charge is 0.413 e. The highest BCUT2D eigenvalue weighted by Gasteiger charge is 2.49. The van der Waals surface area contributed by atoms with Crippen LogP contribution in [-0.4, -0.2) is 26.9 Å². The summed E-state index contributed by atoms with van der Waals surface area (Å²) >= 11 is 0. The van der Waals surface area contributed by atoms with E-state index in [2.05, 4.69) is 10.4 Å². The van der Waals surface area contributed by atoms with Crippen LogP contribution in [0.2, 0.25) is 0 Å². The Kier molecular flexibility index (Phi) is 6.48. The highest BCUT2D eigenvalue weighted by atomic mass is 19.1. The maximum Gasteiger partial charge on any atom is 0.413 e. The summed E-state index contributed by atoms with van der Waals surface area (Å²) in [6, 6.07) is 24.4. The molecule has 3 aromatic carbocycles. The van der Waals surface area contributed by atoms with Gasteiger partial charge >= 0.3 is 12.1 Å². The molecule has 1 saturated carbocycles. The van der Waals surface area contributed by atoms with Crippen LogP contribution in [0.4, 0.5) is 15.0 Å². The van der Waals surface area contributed by atoms with Crippen molar-refractivity contribution < 1.29 is 23.8 Å². The normalized spacial score (nSPS) is 14.5. The molecule has 1 amide bonds. The molecular weight excluding hydrogens is 473 g/mol. The predicted molar refractivity (Wildman–Crippen MR) is 137 cm³/mol. The number of aromatic nitrogens is 2. The molecule has 7 nitrogen and oxygen atoms in total. The zero-order chi connectivity index (χ0) is 26.0. The number of benzene rings is 3. The summed E-state index contributed by atoms with van der Waals surface area (Å²) in [6.45, 7) is 1.74. The van der Waals surface area contributed by atoms with Crippen LogP contribution in [0, 0.1) is 11.2 Å². The van der Waals surface area contributed by atoms with Crippen molar-refractivity contribution in [3.8, 4) is 16.8 Å². The van der Waals surface area contributed by atoms with Gasteiger partial charge in [-0.15, -0.1) is 0 Å². The van der Waals surface area contributed by atoms with Crippen molar-refractivity contribution in [2.75, 3.05) is 5.32 Å². The molecule has 0 radical (unpaired) electrons. The number of aliphatic carboxylic acids is 1. The Balaban J connectivity index is 1.27. The van der Waals surface area contributed by atoms with E-state index in [0.717, 1.165) is 41.3 Å². The SMILES string of the molecule is CC(OC(=O)Nc1c(F)cnn1-c1ccc(-c2ccc(CC3(C(=O)O)CC3)cc2)cc1)c1ccccc1. The van der Waals surface area contributed by atoms with E-state index < -0.39 is 29.4 Å². The Morgan fingerprint density at radius 2 is 1.65 bits per heavy atom. The number of carbonyl (C=O) groups excluding carboxylic acids is 1. The Bertz CT molecular complexity index is 1410. The number of carbonyl (C=O) groups is 2. The third-order valence-electron chi connectivity index (χ3n) is 6.75. The summed E-state index contributed by atoms with van der Waals surface area (Å²) in [5.74, 6) is -1.52. The molecular formula is C29H26FN3O4. The molecule has 1 unspecified atom stereocenters. The largest absolute Gasteiger partial charge is 0.481 e. The highest BCUT2D eigenvalue weighted by Crippen LogP contribution is 2.48. The van der Waals surface area contributed by atoms with Crippen LogP contribution in [-0.2, 0) is 16.0 Å². The molecule has 5 rings (SSSR count). The van der Waals surface area contributed by atoms with Gasteiger partial charge in [-0.1, -0.05) is 66.7 Å². The minimum Gasteiger partial charge on any atom is -0.481 e. The topological polar surface area (TPSA) is 93.5 Å². The number of hydrogen-bond donors (Lipinski definition) is 2. The van der Waals surface area contributed by atoms with Gasteiger partial charge in [-0.3, -0.25) is 10.1 Å². The standard InChI is InChI=1S/C29H26FN3O4/c1-19(21-5-3-2-4-6-21)37-28(36)32-26-25(30)18-31-33(26)24-13-11-23(12-14-24)22-9-7-20(8-10-22)17-29(15-16-29)27(34)35/h2-14,18-19H,15-17H2,1H3,(H,32,36)(H,34,35). The van der Waals surface area contributed by atoms with Gasteiger partial charge in [0.25, 0.3) is 0 Å². The first-order valence-corrected chi connectivity index (χ1v) is 12.0. The average molecular weight is 500 g/mol. The van der Waals surface area contributed by atoms with Crippen LogP contribution in [0.3, 0.4) is 0 Å². The first-order chi connectivity index (χ1) is 17.8. The molecule has 0 saturated heterocycles. The summed E-state index contributed by atoms with van der Waals surface area (Å²) in [5, 5.41) is 15.9. The van der Waals surface area contributed by atoms with Gasteiger partial charge < -0.3 is 9.84 Å². The molecule has 1 aromatic heterocycles. The van der Waals surface area contributed by atoms with Gasteiger partial charge in [0.1, 0.15) is 6.10 Å². The molecule has 1 atom stereocenters. The molecule has 37 heavy (non-hydrogen) atoms. The zero-order valence-electron chi connectivity index (χ0n) is 20.2. The maximum atomic E-state index is 14.5. The molecule has 8 heteroatoms. The van der Waals surface area contributed by atoms with Crippen LogP contribution in [0.1, 0.15) is 37.0 Å². The van der Waals surface area contributed by atoms with E-state index in [1.165, 1.54) is 4.68 Å². The second-order valence-electron chi connectivity index (χ2n) is 9.34. The lowest BCUT2D eigenvalue weighted by Gasteiger charge is -2.15. The van der Waals surface area contributed by atoms with Gasteiger partial charge in [0, 0.05) is 0 Å². The Morgan fingerprint density at radius 3 is 2.24 bits per heavy atom. The highest BCUT2D eigenvalue weighted by molar-refractivity contribution is 5.84. The third kappa shape index (κ3) is 5.23. The van der Waals surface area contributed by atoms with E-state index in [4.69, 9.17) is 4.74 Å². The number of rotatable bonds is 8. The Morgan fingerprint density at radius 1 is 1.03 bits per heavy atom. The first kappa shape index (κ1) is 24.2. The number of nitrogens with one attached hydrogen (secondary N) is 1. The van der Waals surface area contributed by atoms with Crippen LogP contribution in [0.25, 0.3) is 16.8 Å². The summed E-state index contributed by atoms with van der Waals surface area (Å²) in [5.41, 5.74) is 3.69. The molecule has 188 valence electrons. The molecule has 1 heterocycles. The van der Waals surface area contributed by atoms with Crippen LogP contribution in [0.15, 0.2) is 85.1 Å². The fraction of sp³-hybridized carbons (Fsp3) is 0.207. The van der Waals surface area contributed by atoms with Crippen molar-refractivity contribution in [2.45, 2.75) is 32.3 Å². The molecule has 2 N–H and O–H groups in total. The van der Waals surface area contributed by atoms with E-state index in [1.807, 2.05) is 66.7 Å². The summed E-state index contributed by atoms with van der Waals surface area (Å²) in [4.78, 5) is 23.9. The number of hydrogen-bond acceptors (Lipinski definition) is 4. The minimum absolute atomic E-state index is 0.116. The van der Waals surface area contributed by atoms with Crippen LogP contribution < -0.4 is 5.32 Å². The Hall–Kier alpha value is -4.46. The number of nitrogens with zero attached hydrogens (tertiary/aromatic N) is 2. The molecule has 1 aliphatic carbocycles. The molecule has 0 spiro atoms. The molecule has 4 aromatic rings. The van der Waals surface area contributed by atoms with Crippen LogP contribution in [0.5, 0.6) is 0 Å². The third-order valence-corrected chi connectivity index (χ3v) is 6.75. The lowest BCUT2D eigenvalue weighted by Crippen LogP contribution is -2.19. The Labute approximate surface area is 213 Å². The lowest BCUT2D eigenvalue weighted by molar-refractivity contribution is -0.143. The fourth-order valence-corrected chi connectivity index (χ4v) is 4.33. The zero-order valence-corrected chi connectivity index (χ0v) is 20.2. The first-order valence-electron chi connectivity index (χ1n) is 12.0. The number of amides is 1. The average Bonchev–Trinajstić information content (AvgIpc) is 3.61. The number of anilines is 1. The second-order valence-corrected chi connectivity index (χ2v) is 9.34. The minimum atomic E-state index is -0.787. The fourth-order valence-electron chi connectivity index (χ4n) is 4.33. The van der Waals surface area contributed by atoms with Gasteiger partial charge in [0.15, 0.2) is 11.6 Å². The van der Waals surface area contributed by atoms with Gasteiger partial charge in [-0.25, -0.2) is 13.9 Å². The molecule has 0 aliphatic heterocycles. The summed E-state index contributed by atoms with van der Waals surface area (Å²) < 4.78 is 21.2. The summed E-state index contributed by atoms with van der Waals surface area (Å²) in [6.07, 6.45) is 1.72. The number of carboxylic acids is 1. The summed E-state index contributed by atoms with van der Waals surface area (Å²) in [7, 11) is 0. The van der Waals surface area contributed by atoms with E-state index >= 15 is 0 Å². The van der Waals surface area contributed by atoms with Gasteiger partial charge in [0.05, 0.1) is 17.3 Å². The number of halogens is 1.